The minimum Gasteiger partial charge on any atom is -0.342 e. The van der Waals surface area contributed by atoms with Gasteiger partial charge in [0.2, 0.25) is 11.8 Å². The van der Waals surface area contributed by atoms with Crippen molar-refractivity contribution in [3.8, 4) is 0 Å². The van der Waals surface area contributed by atoms with Crippen molar-refractivity contribution in [1.29, 1.82) is 0 Å². The van der Waals surface area contributed by atoms with E-state index in [9.17, 15) is 9.59 Å². The summed E-state index contributed by atoms with van der Waals surface area (Å²) in [7, 11) is 0. The van der Waals surface area contributed by atoms with E-state index in [4.69, 9.17) is 0 Å². The summed E-state index contributed by atoms with van der Waals surface area (Å²) in [6, 6.07) is -0.382. The van der Waals surface area contributed by atoms with Crippen LogP contribution >= 0.6 is 0 Å². The maximum atomic E-state index is 12.8. The molecule has 2 aliphatic rings. The lowest BCUT2D eigenvalue weighted by molar-refractivity contribution is -0.153. The molecule has 2 amide bonds. The zero-order valence-electron chi connectivity index (χ0n) is 13.2. The van der Waals surface area contributed by atoms with Gasteiger partial charge in [-0.2, -0.15) is 0 Å². The lowest BCUT2D eigenvalue weighted by Gasteiger charge is -2.43. The highest BCUT2D eigenvalue weighted by Crippen LogP contribution is 2.36. The molecule has 0 aromatic carbocycles. The quantitative estimate of drug-likeness (QED) is 0.812. The Balaban J connectivity index is 2.20. The third kappa shape index (κ3) is 3.15. The summed E-state index contributed by atoms with van der Waals surface area (Å²) >= 11 is 0. The van der Waals surface area contributed by atoms with E-state index in [1.807, 2.05) is 4.90 Å². The van der Waals surface area contributed by atoms with Crippen molar-refractivity contribution in [2.75, 3.05) is 0 Å². The number of carbonyl (C=O) groups is 2. The second kappa shape index (κ2) is 6.15. The predicted molar refractivity (Wildman–Crippen MR) is 79.1 cm³/mol. The topological polar surface area (TPSA) is 49.4 Å². The molecule has 0 bridgehead atoms. The van der Waals surface area contributed by atoms with E-state index in [2.05, 4.69) is 33.0 Å². The minimum atomic E-state index is -0.279. The maximum Gasteiger partial charge on any atom is 0.246 e. The van der Waals surface area contributed by atoms with Crippen LogP contribution in [0.3, 0.4) is 0 Å². The molecule has 1 saturated heterocycles. The molecule has 1 heterocycles. The number of carbonyl (C=O) groups excluding carboxylic acids is 2. The van der Waals surface area contributed by atoms with Crippen molar-refractivity contribution in [1.82, 2.24) is 10.2 Å². The van der Waals surface area contributed by atoms with E-state index >= 15 is 0 Å². The van der Waals surface area contributed by atoms with Crippen LogP contribution in [0, 0.1) is 11.8 Å². The molecule has 1 aliphatic heterocycles. The van der Waals surface area contributed by atoms with Gasteiger partial charge in [0.15, 0.2) is 0 Å². The van der Waals surface area contributed by atoms with Crippen molar-refractivity contribution in [2.24, 2.45) is 11.8 Å². The first kappa shape index (κ1) is 15.3. The van der Waals surface area contributed by atoms with E-state index in [-0.39, 0.29) is 29.9 Å². The van der Waals surface area contributed by atoms with Gasteiger partial charge >= 0.3 is 0 Å². The SMILES string of the molecule is CCCC(C)N1C(=O)C(C2CC2)NC(=O)C1CC(C)C. The first-order chi connectivity index (χ1) is 9.45. The van der Waals surface area contributed by atoms with Crippen molar-refractivity contribution in [3.63, 3.8) is 0 Å². The van der Waals surface area contributed by atoms with Crippen LogP contribution in [0.4, 0.5) is 0 Å². The number of nitrogens with one attached hydrogen (secondary N) is 1. The van der Waals surface area contributed by atoms with Crippen molar-refractivity contribution >= 4 is 11.8 Å². The minimum absolute atomic E-state index is 0.0538. The lowest BCUT2D eigenvalue weighted by atomic mass is 9.94. The van der Waals surface area contributed by atoms with Gasteiger partial charge in [-0.05, 0) is 44.4 Å². The smallest absolute Gasteiger partial charge is 0.246 e. The summed E-state index contributed by atoms with van der Waals surface area (Å²) in [4.78, 5) is 27.1. The van der Waals surface area contributed by atoms with E-state index in [1.54, 1.807) is 0 Å². The molecule has 2 rings (SSSR count). The van der Waals surface area contributed by atoms with Crippen molar-refractivity contribution in [2.45, 2.75) is 77.9 Å². The Morgan fingerprint density at radius 2 is 1.90 bits per heavy atom. The van der Waals surface area contributed by atoms with Crippen molar-refractivity contribution in [3.05, 3.63) is 0 Å². The largest absolute Gasteiger partial charge is 0.342 e. The summed E-state index contributed by atoms with van der Waals surface area (Å²) < 4.78 is 0. The monoisotopic (exact) mass is 280 g/mol. The first-order valence-electron chi connectivity index (χ1n) is 8.08. The number of amides is 2. The lowest BCUT2D eigenvalue weighted by Crippen LogP contribution is -2.66. The van der Waals surface area contributed by atoms with Crippen LogP contribution in [-0.2, 0) is 9.59 Å². The van der Waals surface area contributed by atoms with Crippen LogP contribution in [0.25, 0.3) is 0 Å². The molecule has 4 nitrogen and oxygen atoms in total. The molecule has 3 atom stereocenters. The third-order valence-electron chi connectivity index (χ3n) is 4.43. The fourth-order valence-corrected chi connectivity index (χ4v) is 3.25. The Morgan fingerprint density at radius 3 is 2.40 bits per heavy atom. The summed E-state index contributed by atoms with van der Waals surface area (Å²) in [6.07, 6.45) is 4.89. The number of hydrogen-bond acceptors (Lipinski definition) is 2. The molecule has 1 saturated carbocycles. The fourth-order valence-electron chi connectivity index (χ4n) is 3.25. The Hall–Kier alpha value is -1.06. The second-order valence-corrected chi connectivity index (χ2v) is 6.85. The van der Waals surface area contributed by atoms with Crippen molar-refractivity contribution < 1.29 is 9.59 Å². The highest BCUT2D eigenvalue weighted by Gasteiger charge is 2.47. The average molecular weight is 280 g/mol. The molecule has 20 heavy (non-hydrogen) atoms. The van der Waals surface area contributed by atoms with Crippen LogP contribution in [0.15, 0.2) is 0 Å². The highest BCUT2D eigenvalue weighted by atomic mass is 16.2. The molecule has 0 spiro atoms. The number of piperazine rings is 1. The summed E-state index contributed by atoms with van der Waals surface area (Å²) in [6.45, 7) is 8.42. The summed E-state index contributed by atoms with van der Waals surface area (Å²) in [5.74, 6) is 0.993. The van der Waals surface area contributed by atoms with Gasteiger partial charge in [0, 0.05) is 6.04 Å². The first-order valence-corrected chi connectivity index (χ1v) is 8.08. The van der Waals surface area contributed by atoms with Gasteiger partial charge in [-0.1, -0.05) is 27.2 Å². The van der Waals surface area contributed by atoms with E-state index in [1.165, 1.54) is 0 Å². The summed E-state index contributed by atoms with van der Waals surface area (Å²) in [5.41, 5.74) is 0. The zero-order valence-corrected chi connectivity index (χ0v) is 13.2. The van der Waals surface area contributed by atoms with Gasteiger partial charge in [0.1, 0.15) is 12.1 Å². The third-order valence-corrected chi connectivity index (χ3v) is 4.43. The van der Waals surface area contributed by atoms with E-state index in [0.29, 0.717) is 11.8 Å². The normalized spacial score (nSPS) is 28.8. The Morgan fingerprint density at radius 1 is 1.25 bits per heavy atom. The number of hydrogen-bond donors (Lipinski definition) is 1. The molecule has 3 unspecified atom stereocenters. The highest BCUT2D eigenvalue weighted by molar-refractivity contribution is 5.97. The Labute approximate surface area is 122 Å². The number of nitrogens with zero attached hydrogens (tertiary/aromatic N) is 1. The maximum absolute atomic E-state index is 12.8. The second-order valence-electron chi connectivity index (χ2n) is 6.85. The molecular weight excluding hydrogens is 252 g/mol. The van der Waals surface area contributed by atoms with Gasteiger partial charge in [-0.25, -0.2) is 0 Å². The van der Waals surface area contributed by atoms with Gasteiger partial charge in [0.05, 0.1) is 0 Å². The Kier molecular flexibility index (Phi) is 4.71. The van der Waals surface area contributed by atoms with E-state index in [0.717, 1.165) is 32.1 Å². The molecule has 114 valence electrons. The van der Waals surface area contributed by atoms with Gasteiger partial charge in [-0.15, -0.1) is 0 Å². The molecule has 0 aromatic rings. The van der Waals surface area contributed by atoms with Gasteiger partial charge < -0.3 is 10.2 Å². The van der Waals surface area contributed by atoms with Crippen LogP contribution < -0.4 is 5.32 Å². The molecule has 1 aliphatic carbocycles. The van der Waals surface area contributed by atoms with Crippen LogP contribution in [0.1, 0.15) is 59.8 Å². The van der Waals surface area contributed by atoms with Gasteiger partial charge in [-0.3, -0.25) is 9.59 Å². The standard InChI is InChI=1S/C16H28N2O2/c1-5-6-11(4)18-13(9-10(2)3)15(19)17-14(16(18)20)12-7-8-12/h10-14H,5-9H2,1-4H3,(H,17,19). The fraction of sp³-hybridized carbons (Fsp3) is 0.875. The van der Waals surface area contributed by atoms with Gasteiger partial charge in [0.25, 0.3) is 0 Å². The average Bonchev–Trinajstić information content (AvgIpc) is 3.17. The molecule has 0 radical (unpaired) electrons. The molecule has 1 N–H and O–H groups in total. The molecule has 2 fully saturated rings. The van der Waals surface area contributed by atoms with Crippen LogP contribution in [0.5, 0.6) is 0 Å². The Bertz CT molecular complexity index is 377. The molecule has 4 heteroatoms. The summed E-state index contributed by atoms with van der Waals surface area (Å²) in [5, 5.41) is 2.98. The van der Waals surface area contributed by atoms with Crippen LogP contribution in [-0.4, -0.2) is 34.8 Å². The predicted octanol–water partition coefficient (Wildman–Crippen LogP) is 2.33. The van der Waals surface area contributed by atoms with Crippen LogP contribution in [0.2, 0.25) is 0 Å². The molecule has 0 aromatic heterocycles. The van der Waals surface area contributed by atoms with E-state index < -0.39 is 0 Å². The molecular formula is C16H28N2O2. The zero-order chi connectivity index (χ0) is 14.9. The number of rotatable bonds is 6.